The third kappa shape index (κ3) is 2.46. The summed E-state index contributed by atoms with van der Waals surface area (Å²) in [6.45, 7) is 2.20. The van der Waals surface area contributed by atoms with Gasteiger partial charge in [-0.05, 0) is 72.6 Å². The molecule has 0 N–H and O–H groups in total. The van der Waals surface area contributed by atoms with Gasteiger partial charge in [-0.1, -0.05) is 25.8 Å². The van der Waals surface area contributed by atoms with Crippen LogP contribution in [0.25, 0.3) is 0 Å². The van der Waals surface area contributed by atoms with E-state index in [9.17, 15) is 4.79 Å². The van der Waals surface area contributed by atoms with Gasteiger partial charge in [-0.15, -0.1) is 6.42 Å². The fraction of sp³-hybridized carbons (Fsp3) is 0.591. The van der Waals surface area contributed by atoms with E-state index in [1.54, 1.807) is 7.11 Å². The van der Waals surface area contributed by atoms with Crippen molar-refractivity contribution in [3.63, 3.8) is 0 Å². The summed E-state index contributed by atoms with van der Waals surface area (Å²) in [5.74, 6) is 4.08. The highest BCUT2D eigenvalue weighted by Gasteiger charge is 2.64. The number of carbonyl (C=O) groups excluding carboxylic acids is 1. The first-order chi connectivity index (χ1) is 12.1. The van der Waals surface area contributed by atoms with Gasteiger partial charge in [0, 0.05) is 6.04 Å². The maximum Gasteiger partial charge on any atom is 0.299 e. The largest absolute Gasteiger partial charge is 0.497 e. The monoisotopic (exact) mass is 337 g/mol. The van der Waals surface area contributed by atoms with E-state index >= 15 is 0 Å². The van der Waals surface area contributed by atoms with Gasteiger partial charge in [-0.25, -0.2) is 0 Å². The zero-order valence-electron chi connectivity index (χ0n) is 15.3. The molecule has 1 aromatic rings. The number of methoxy groups -OCH3 is 1. The molecule has 4 aliphatic rings. The number of ether oxygens (including phenoxy) is 1. The molecule has 0 aromatic heterocycles. The van der Waals surface area contributed by atoms with Gasteiger partial charge in [-0.2, -0.15) is 0 Å². The first-order valence-corrected chi connectivity index (χ1v) is 9.57. The lowest BCUT2D eigenvalue weighted by Crippen LogP contribution is -2.63. The fourth-order valence-electron chi connectivity index (χ4n) is 5.41. The van der Waals surface area contributed by atoms with Crippen LogP contribution < -0.4 is 4.74 Å². The number of terminal acetylenes is 1. The molecule has 0 unspecified atom stereocenters. The maximum atomic E-state index is 12.8. The Morgan fingerprint density at radius 3 is 2.72 bits per heavy atom. The van der Waals surface area contributed by atoms with Crippen LogP contribution in [0.5, 0.6) is 5.75 Å². The van der Waals surface area contributed by atoms with Crippen LogP contribution in [0.2, 0.25) is 0 Å². The van der Waals surface area contributed by atoms with Crippen LogP contribution in [0.4, 0.5) is 0 Å². The predicted octanol–water partition coefficient (Wildman–Crippen LogP) is 4.11. The van der Waals surface area contributed by atoms with E-state index in [1.807, 2.05) is 6.07 Å². The van der Waals surface area contributed by atoms with E-state index in [2.05, 4.69) is 29.9 Å². The molecule has 2 bridgehead atoms. The molecule has 1 aromatic carbocycles. The second-order valence-electron chi connectivity index (χ2n) is 8.16. The lowest BCUT2D eigenvalue weighted by Gasteiger charge is -2.68. The molecule has 1 amide bonds. The number of fused-ring (bicyclic) bond motifs is 1. The second kappa shape index (κ2) is 6.09. The summed E-state index contributed by atoms with van der Waals surface area (Å²) >= 11 is 0. The van der Waals surface area contributed by atoms with Crippen LogP contribution in [-0.4, -0.2) is 24.0 Å². The number of amides is 1. The van der Waals surface area contributed by atoms with Gasteiger partial charge in [0.1, 0.15) is 5.75 Å². The Morgan fingerprint density at radius 1 is 1.40 bits per heavy atom. The Bertz CT molecular complexity index is 715. The van der Waals surface area contributed by atoms with Crippen LogP contribution in [0.15, 0.2) is 18.2 Å². The zero-order chi connectivity index (χ0) is 17.6. The molecular weight excluding hydrogens is 310 g/mol. The minimum absolute atomic E-state index is 0.128. The van der Waals surface area contributed by atoms with Crippen molar-refractivity contribution in [1.29, 1.82) is 0 Å². The third-order valence-electron chi connectivity index (χ3n) is 6.69. The van der Waals surface area contributed by atoms with E-state index in [0.717, 1.165) is 37.4 Å². The van der Waals surface area contributed by atoms with E-state index in [4.69, 9.17) is 11.2 Å². The summed E-state index contributed by atoms with van der Waals surface area (Å²) in [4.78, 5) is 14.8. The molecule has 3 aliphatic carbocycles. The van der Waals surface area contributed by atoms with E-state index in [-0.39, 0.29) is 23.4 Å². The second-order valence-corrected chi connectivity index (χ2v) is 8.16. The van der Waals surface area contributed by atoms with Gasteiger partial charge in [0.2, 0.25) is 0 Å². The van der Waals surface area contributed by atoms with Crippen molar-refractivity contribution in [2.24, 2.45) is 11.3 Å². The highest BCUT2D eigenvalue weighted by atomic mass is 16.5. The van der Waals surface area contributed by atoms with Crippen molar-refractivity contribution in [3.8, 4) is 18.1 Å². The minimum Gasteiger partial charge on any atom is -0.497 e. The molecule has 0 spiro atoms. The molecule has 0 saturated heterocycles. The molecule has 3 saturated carbocycles. The molecule has 3 heteroatoms. The van der Waals surface area contributed by atoms with Gasteiger partial charge < -0.3 is 9.64 Å². The molecule has 132 valence electrons. The van der Waals surface area contributed by atoms with Crippen molar-refractivity contribution < 1.29 is 9.53 Å². The smallest absolute Gasteiger partial charge is 0.299 e. The molecule has 0 radical (unpaired) electrons. The van der Waals surface area contributed by atoms with E-state index in [0.29, 0.717) is 0 Å². The highest BCUT2D eigenvalue weighted by molar-refractivity contribution is 5.93. The summed E-state index contributed by atoms with van der Waals surface area (Å²) in [5.41, 5.74) is 2.91. The molecule has 1 aliphatic heterocycles. The van der Waals surface area contributed by atoms with Crippen molar-refractivity contribution >= 4 is 5.91 Å². The Hall–Kier alpha value is -1.95. The van der Waals surface area contributed by atoms with E-state index in [1.165, 1.54) is 30.4 Å². The molecule has 25 heavy (non-hydrogen) atoms. The van der Waals surface area contributed by atoms with Gasteiger partial charge in [0.15, 0.2) is 0 Å². The molecule has 2 atom stereocenters. The van der Waals surface area contributed by atoms with Crippen molar-refractivity contribution in [2.45, 2.75) is 64.0 Å². The number of hydrogen-bond donors (Lipinski definition) is 0. The van der Waals surface area contributed by atoms with Crippen molar-refractivity contribution in [2.75, 3.05) is 7.11 Å². The number of benzene rings is 1. The average molecular weight is 337 g/mol. The number of nitrogens with zero attached hydrogens (tertiary/aromatic N) is 1. The molecule has 1 heterocycles. The van der Waals surface area contributed by atoms with Crippen LogP contribution >= 0.6 is 0 Å². The van der Waals surface area contributed by atoms with Crippen LogP contribution in [0.3, 0.4) is 0 Å². The number of rotatable bonds is 5. The number of unbranched alkanes of at least 4 members (excludes halogenated alkanes) is 1. The predicted molar refractivity (Wildman–Crippen MR) is 98.2 cm³/mol. The average Bonchev–Trinajstić information content (AvgIpc) is 2.55. The SMILES string of the molecule is C#CC(=O)N1[C@@H](CCCC)Cc2cc(OC)ccc2[C@@H]1C12CC(C1)C2. The third-order valence-corrected chi connectivity index (χ3v) is 6.69. The first kappa shape index (κ1) is 16.5. The fourth-order valence-corrected chi connectivity index (χ4v) is 5.41. The Balaban J connectivity index is 1.78. The number of hydrogen-bond acceptors (Lipinski definition) is 2. The quantitative estimate of drug-likeness (QED) is 0.757. The lowest BCUT2D eigenvalue weighted by atomic mass is 9.40. The normalized spacial score (nSPS) is 32.0. The summed E-state index contributed by atoms with van der Waals surface area (Å²) in [5, 5.41) is 0. The lowest BCUT2D eigenvalue weighted by molar-refractivity contribution is -0.181. The maximum absolute atomic E-state index is 12.8. The highest BCUT2D eigenvalue weighted by Crippen LogP contribution is 2.72. The van der Waals surface area contributed by atoms with Crippen molar-refractivity contribution in [3.05, 3.63) is 29.3 Å². The molecule has 3 nitrogen and oxygen atoms in total. The number of carbonyl (C=O) groups is 1. The Morgan fingerprint density at radius 2 is 2.16 bits per heavy atom. The van der Waals surface area contributed by atoms with Gasteiger partial charge >= 0.3 is 0 Å². The summed E-state index contributed by atoms with van der Waals surface area (Å²) in [6, 6.07) is 6.73. The molecular formula is C22H27NO2. The van der Waals surface area contributed by atoms with Gasteiger partial charge in [0.25, 0.3) is 5.91 Å². The van der Waals surface area contributed by atoms with Crippen molar-refractivity contribution in [1.82, 2.24) is 4.90 Å². The van der Waals surface area contributed by atoms with Crippen LogP contribution in [0, 0.1) is 23.7 Å². The van der Waals surface area contributed by atoms with Gasteiger partial charge in [-0.3, -0.25) is 4.79 Å². The molecule has 5 rings (SSSR count). The topological polar surface area (TPSA) is 29.5 Å². The molecule has 3 fully saturated rings. The Labute approximate surface area is 150 Å². The standard InChI is InChI=1S/C22H27NO2/c1-4-6-7-17-10-16-11-18(25-3)8-9-19(16)21(23(17)20(24)5-2)22-12-15(13-22)14-22/h2,8-9,11,15,17,21H,4,6-7,10,12-14H2,1,3H3/t15?,17-,21+,22?/m0/s1. The van der Waals surface area contributed by atoms with Crippen LogP contribution in [0.1, 0.15) is 62.6 Å². The summed E-state index contributed by atoms with van der Waals surface area (Å²) < 4.78 is 5.45. The van der Waals surface area contributed by atoms with Gasteiger partial charge in [0.05, 0.1) is 13.2 Å². The van der Waals surface area contributed by atoms with E-state index < -0.39 is 0 Å². The summed E-state index contributed by atoms with van der Waals surface area (Å²) in [7, 11) is 1.71. The van der Waals surface area contributed by atoms with Crippen LogP contribution in [-0.2, 0) is 11.2 Å². The summed E-state index contributed by atoms with van der Waals surface area (Å²) in [6.07, 6.45) is 13.5. The zero-order valence-corrected chi connectivity index (χ0v) is 15.3. The first-order valence-electron chi connectivity index (χ1n) is 9.57. The Kier molecular flexibility index (Phi) is 4.02. The minimum atomic E-state index is -0.128.